The lowest BCUT2D eigenvalue weighted by atomic mass is 9.73. The average molecular weight is 278 g/mol. The molecule has 0 amide bonds. The normalized spacial score (nSPS) is 17.2. The van der Waals surface area contributed by atoms with Gasteiger partial charge in [-0.3, -0.25) is 0 Å². The molecule has 4 heteroatoms. The highest BCUT2D eigenvalue weighted by Gasteiger charge is 2.43. The highest BCUT2D eigenvalue weighted by atomic mass is 16.7. The number of rotatable bonds is 3. The maximum atomic E-state index is 11.0. The van der Waals surface area contributed by atoms with Crippen molar-refractivity contribution in [1.29, 1.82) is 0 Å². The third kappa shape index (κ3) is 2.74. The summed E-state index contributed by atoms with van der Waals surface area (Å²) in [4.78, 5) is 11.0. The molecule has 0 spiro atoms. The number of carbonyl (C=O) groups is 1. The Kier molecular flexibility index (Phi) is 3.67. The van der Waals surface area contributed by atoms with Crippen molar-refractivity contribution in [2.45, 2.75) is 51.0 Å². The van der Waals surface area contributed by atoms with E-state index in [0.29, 0.717) is 0 Å². The van der Waals surface area contributed by atoms with Crippen LogP contribution in [0.1, 0.15) is 51.2 Å². The first-order valence-electron chi connectivity index (χ1n) is 6.89. The summed E-state index contributed by atoms with van der Waals surface area (Å²) < 4.78 is 10.5. The van der Waals surface area contributed by atoms with Gasteiger partial charge in [-0.15, -0.1) is 0 Å². The first-order valence-corrected chi connectivity index (χ1v) is 6.89. The second-order valence-corrected chi connectivity index (χ2v) is 6.42. The number of hydrogen-bond donors (Lipinski definition) is 1. The number of methoxy groups -OCH3 is 1. The zero-order chi connectivity index (χ0) is 15.0. The van der Waals surface area contributed by atoms with Crippen molar-refractivity contribution in [3.05, 3.63) is 29.3 Å². The van der Waals surface area contributed by atoms with Crippen molar-refractivity contribution in [2.75, 3.05) is 7.11 Å². The molecule has 0 aromatic heterocycles. The highest BCUT2D eigenvalue weighted by molar-refractivity contribution is 5.58. The van der Waals surface area contributed by atoms with E-state index in [9.17, 15) is 4.79 Å². The van der Waals surface area contributed by atoms with Crippen LogP contribution in [0.2, 0.25) is 0 Å². The molecule has 2 rings (SSSR count). The molecular weight excluding hydrogens is 256 g/mol. The molecule has 0 radical (unpaired) electrons. The van der Waals surface area contributed by atoms with E-state index < -0.39 is 11.8 Å². The van der Waals surface area contributed by atoms with Crippen LogP contribution in [0.4, 0.5) is 4.79 Å². The summed E-state index contributed by atoms with van der Waals surface area (Å²) in [5.41, 5.74) is 1.29. The van der Waals surface area contributed by atoms with Crippen LogP contribution < -0.4 is 4.74 Å². The van der Waals surface area contributed by atoms with Crippen LogP contribution in [0.5, 0.6) is 5.75 Å². The van der Waals surface area contributed by atoms with Gasteiger partial charge in [0, 0.05) is 0 Å². The van der Waals surface area contributed by atoms with E-state index >= 15 is 0 Å². The minimum atomic E-state index is -1.22. The summed E-state index contributed by atoms with van der Waals surface area (Å²) in [6, 6.07) is 5.93. The van der Waals surface area contributed by atoms with Crippen LogP contribution in [-0.4, -0.2) is 18.4 Å². The third-order valence-electron chi connectivity index (χ3n) is 3.98. The van der Waals surface area contributed by atoms with Gasteiger partial charge in [-0.05, 0) is 47.9 Å². The van der Waals surface area contributed by atoms with Crippen LogP contribution in [-0.2, 0) is 15.8 Å². The largest absolute Gasteiger partial charge is 0.506 e. The van der Waals surface area contributed by atoms with Crippen LogP contribution in [0.25, 0.3) is 0 Å². The third-order valence-corrected chi connectivity index (χ3v) is 3.98. The van der Waals surface area contributed by atoms with Gasteiger partial charge in [0.05, 0.1) is 7.11 Å². The number of hydrogen-bond acceptors (Lipinski definition) is 3. The highest BCUT2D eigenvalue weighted by Crippen LogP contribution is 2.46. The summed E-state index contributed by atoms with van der Waals surface area (Å²) in [5, 5.41) is 8.98. The van der Waals surface area contributed by atoms with Gasteiger partial charge in [0.25, 0.3) is 0 Å². The lowest BCUT2D eigenvalue weighted by molar-refractivity contribution is -0.0741. The van der Waals surface area contributed by atoms with E-state index in [1.165, 1.54) is 0 Å². The number of benzene rings is 1. The van der Waals surface area contributed by atoms with E-state index in [2.05, 4.69) is 20.8 Å². The molecule has 1 fully saturated rings. The molecule has 0 atom stereocenters. The van der Waals surface area contributed by atoms with Crippen molar-refractivity contribution in [2.24, 2.45) is 0 Å². The zero-order valence-corrected chi connectivity index (χ0v) is 12.5. The van der Waals surface area contributed by atoms with E-state index in [4.69, 9.17) is 14.6 Å². The Morgan fingerprint density at radius 3 is 2.30 bits per heavy atom. The molecule has 1 aromatic rings. The van der Waals surface area contributed by atoms with Crippen molar-refractivity contribution in [3.8, 4) is 5.75 Å². The van der Waals surface area contributed by atoms with Crippen LogP contribution in [0.15, 0.2) is 18.2 Å². The van der Waals surface area contributed by atoms with Crippen LogP contribution in [0.3, 0.4) is 0 Å². The second kappa shape index (κ2) is 5.00. The topological polar surface area (TPSA) is 55.8 Å². The fourth-order valence-corrected chi connectivity index (χ4v) is 2.53. The van der Waals surface area contributed by atoms with Gasteiger partial charge < -0.3 is 14.6 Å². The quantitative estimate of drug-likeness (QED) is 0.847. The van der Waals surface area contributed by atoms with E-state index in [-0.39, 0.29) is 5.41 Å². The lowest BCUT2D eigenvalue weighted by Gasteiger charge is -2.41. The molecule has 1 aromatic carbocycles. The lowest BCUT2D eigenvalue weighted by Crippen LogP contribution is -2.39. The van der Waals surface area contributed by atoms with E-state index in [0.717, 1.165) is 36.1 Å². The van der Waals surface area contributed by atoms with E-state index in [1.807, 2.05) is 18.2 Å². The van der Waals surface area contributed by atoms with Crippen LogP contribution in [0, 0.1) is 0 Å². The molecule has 4 nitrogen and oxygen atoms in total. The fourth-order valence-electron chi connectivity index (χ4n) is 2.53. The Morgan fingerprint density at radius 1 is 1.25 bits per heavy atom. The van der Waals surface area contributed by atoms with Crippen molar-refractivity contribution < 1.29 is 19.4 Å². The van der Waals surface area contributed by atoms with Gasteiger partial charge in [0.2, 0.25) is 0 Å². The molecule has 0 bridgehead atoms. The van der Waals surface area contributed by atoms with Gasteiger partial charge >= 0.3 is 6.16 Å². The average Bonchev–Trinajstić information content (AvgIpc) is 2.31. The van der Waals surface area contributed by atoms with Crippen molar-refractivity contribution in [3.63, 3.8) is 0 Å². The molecule has 110 valence electrons. The van der Waals surface area contributed by atoms with Gasteiger partial charge in [0.15, 0.2) is 0 Å². The monoisotopic (exact) mass is 278 g/mol. The summed E-state index contributed by atoms with van der Waals surface area (Å²) in [5.74, 6) is 0.743. The predicted octanol–water partition coefficient (Wildman–Crippen LogP) is 4.07. The molecule has 0 heterocycles. The summed E-state index contributed by atoms with van der Waals surface area (Å²) >= 11 is 0. The Hall–Kier alpha value is -1.71. The van der Waals surface area contributed by atoms with Crippen LogP contribution >= 0.6 is 0 Å². The molecule has 20 heavy (non-hydrogen) atoms. The minimum absolute atomic E-state index is 0.0303. The molecule has 1 N–H and O–H groups in total. The molecule has 0 aliphatic heterocycles. The summed E-state index contributed by atoms with van der Waals surface area (Å²) in [6.45, 7) is 6.37. The van der Waals surface area contributed by atoms with E-state index in [1.54, 1.807) is 7.11 Å². The minimum Gasteiger partial charge on any atom is -0.497 e. The first-order chi connectivity index (χ1) is 9.27. The standard InChI is InChI=1S/C16H22O4/c1-15(2,3)11-8-12(10-13(9-11)19-4)16(6-5-7-16)20-14(17)18/h8-10H,5-7H2,1-4H3,(H,17,18). The second-order valence-electron chi connectivity index (χ2n) is 6.42. The molecule has 0 unspecified atom stereocenters. The Morgan fingerprint density at radius 2 is 1.90 bits per heavy atom. The number of carboxylic acid groups (broad SMARTS) is 1. The predicted molar refractivity (Wildman–Crippen MR) is 76.3 cm³/mol. The molecule has 0 saturated heterocycles. The Balaban J connectivity index is 2.47. The van der Waals surface area contributed by atoms with Crippen molar-refractivity contribution >= 4 is 6.16 Å². The van der Waals surface area contributed by atoms with Gasteiger partial charge in [-0.1, -0.05) is 26.8 Å². The molecule has 1 aliphatic rings. The molecule has 1 saturated carbocycles. The smallest absolute Gasteiger partial charge is 0.497 e. The maximum Gasteiger partial charge on any atom is 0.506 e. The Labute approximate surface area is 119 Å². The fraction of sp³-hybridized carbons (Fsp3) is 0.562. The van der Waals surface area contributed by atoms with Crippen molar-refractivity contribution in [1.82, 2.24) is 0 Å². The summed E-state index contributed by atoms with van der Waals surface area (Å²) in [6.07, 6.45) is 1.23. The van der Waals surface area contributed by atoms with Gasteiger partial charge in [-0.2, -0.15) is 0 Å². The molecule has 1 aliphatic carbocycles. The maximum absolute atomic E-state index is 11.0. The van der Waals surface area contributed by atoms with Gasteiger partial charge in [0.1, 0.15) is 11.4 Å². The first kappa shape index (κ1) is 14.7. The summed E-state index contributed by atoms with van der Waals surface area (Å²) in [7, 11) is 1.62. The SMILES string of the molecule is COc1cc(C(C)(C)C)cc(C2(OC(=O)O)CCC2)c1. The molecular formula is C16H22O4. The Bertz CT molecular complexity index is 510. The zero-order valence-electron chi connectivity index (χ0n) is 12.5. The number of ether oxygens (including phenoxy) is 2. The van der Waals surface area contributed by atoms with Gasteiger partial charge in [-0.25, -0.2) is 4.79 Å².